The van der Waals surface area contributed by atoms with E-state index in [9.17, 15) is 4.79 Å². The van der Waals surface area contributed by atoms with Gasteiger partial charge in [0.2, 0.25) is 5.91 Å². The van der Waals surface area contributed by atoms with Gasteiger partial charge in [-0.25, -0.2) is 0 Å². The minimum Gasteiger partial charge on any atom is -0.359 e. The highest BCUT2D eigenvalue weighted by Crippen LogP contribution is 1.98. The van der Waals surface area contributed by atoms with Crippen LogP contribution in [0.25, 0.3) is 0 Å². The van der Waals surface area contributed by atoms with Crippen LogP contribution in [0.5, 0.6) is 0 Å². The number of amides is 1. The number of hydrogen-bond donors (Lipinski definition) is 1. The third-order valence-corrected chi connectivity index (χ3v) is 1.41. The fourth-order valence-electron chi connectivity index (χ4n) is 0.878. The van der Waals surface area contributed by atoms with Crippen LogP contribution in [0, 0.1) is 0 Å². The summed E-state index contributed by atoms with van der Waals surface area (Å²) < 4.78 is 5.28. The smallest absolute Gasteiger partial charge is 0.245 e. The highest BCUT2D eigenvalue weighted by atomic mass is 16.5. The number of nitrogens with one attached hydrogen (secondary N) is 1. The largest absolute Gasteiger partial charge is 0.359 e. The lowest BCUT2D eigenvalue weighted by atomic mass is 10.3. The Balaban J connectivity index is 3.76. The maximum atomic E-state index is 10.9. The van der Waals surface area contributed by atoms with E-state index >= 15 is 0 Å². The zero-order chi connectivity index (χ0) is 9.40. The lowest BCUT2D eigenvalue weighted by Gasteiger charge is -2.16. The lowest BCUT2D eigenvalue weighted by Crippen LogP contribution is -2.35. The molecule has 3 heteroatoms. The summed E-state index contributed by atoms with van der Waals surface area (Å²) in [5.74, 6) is -0.179. The third kappa shape index (κ3) is 4.91. The van der Waals surface area contributed by atoms with Crippen molar-refractivity contribution < 1.29 is 9.53 Å². The quantitative estimate of drug-likeness (QED) is 0.485. The average molecular weight is 171 g/mol. The Kier molecular flexibility index (Phi) is 6.38. The number of carbonyl (C=O) groups excluding carboxylic acids is 1. The maximum Gasteiger partial charge on any atom is 0.245 e. The van der Waals surface area contributed by atoms with Crippen LogP contribution in [0.15, 0.2) is 12.7 Å². The molecule has 0 heterocycles. The maximum absolute atomic E-state index is 10.9. The first-order valence-electron chi connectivity index (χ1n) is 4.29. The predicted octanol–water partition coefficient (Wildman–Crippen LogP) is 1.45. The summed E-state index contributed by atoms with van der Waals surface area (Å²) in [6.45, 7) is 7.93. The molecule has 0 rings (SSSR count). The zero-order valence-corrected chi connectivity index (χ0v) is 7.80. The SMILES string of the molecule is C=CC(=O)NC(CCC)OCC. The van der Waals surface area contributed by atoms with E-state index in [1.807, 2.05) is 13.8 Å². The molecule has 0 bridgehead atoms. The summed E-state index contributed by atoms with van der Waals surface area (Å²) in [4.78, 5) is 10.9. The van der Waals surface area contributed by atoms with Gasteiger partial charge in [0, 0.05) is 6.61 Å². The summed E-state index contributed by atoms with van der Waals surface area (Å²) in [6, 6.07) is 0. The second-order valence-electron chi connectivity index (χ2n) is 2.45. The first kappa shape index (κ1) is 11.2. The second kappa shape index (κ2) is 6.85. The van der Waals surface area contributed by atoms with Crippen molar-refractivity contribution in [3.63, 3.8) is 0 Å². The molecule has 0 saturated carbocycles. The number of rotatable bonds is 6. The zero-order valence-electron chi connectivity index (χ0n) is 7.80. The van der Waals surface area contributed by atoms with E-state index in [-0.39, 0.29) is 12.1 Å². The fourth-order valence-corrected chi connectivity index (χ4v) is 0.878. The molecule has 0 aliphatic carbocycles. The van der Waals surface area contributed by atoms with Crippen LogP contribution in [0.4, 0.5) is 0 Å². The molecule has 1 atom stereocenters. The molecular weight excluding hydrogens is 154 g/mol. The standard InChI is InChI=1S/C9H17NO2/c1-4-7-9(12-6-3)10-8(11)5-2/h5,9H,2,4,6-7H2,1,3H3,(H,10,11). The van der Waals surface area contributed by atoms with E-state index in [1.54, 1.807) is 0 Å². The molecule has 0 aromatic carbocycles. The predicted molar refractivity (Wildman–Crippen MR) is 48.7 cm³/mol. The van der Waals surface area contributed by atoms with Crippen molar-refractivity contribution in [3.8, 4) is 0 Å². The van der Waals surface area contributed by atoms with Crippen LogP contribution in [-0.4, -0.2) is 18.7 Å². The van der Waals surface area contributed by atoms with Gasteiger partial charge in [0.05, 0.1) is 0 Å². The van der Waals surface area contributed by atoms with E-state index in [2.05, 4.69) is 11.9 Å². The van der Waals surface area contributed by atoms with E-state index in [0.717, 1.165) is 12.8 Å². The average Bonchev–Trinajstić information content (AvgIpc) is 2.05. The monoisotopic (exact) mass is 171 g/mol. The van der Waals surface area contributed by atoms with Crippen molar-refractivity contribution in [1.82, 2.24) is 5.32 Å². The summed E-state index contributed by atoms with van der Waals surface area (Å²) in [5, 5.41) is 2.69. The summed E-state index contributed by atoms with van der Waals surface area (Å²) >= 11 is 0. The van der Waals surface area contributed by atoms with Crippen LogP contribution < -0.4 is 5.32 Å². The Hall–Kier alpha value is -0.830. The van der Waals surface area contributed by atoms with Crippen molar-refractivity contribution in [3.05, 3.63) is 12.7 Å². The van der Waals surface area contributed by atoms with E-state index in [1.165, 1.54) is 6.08 Å². The molecule has 1 unspecified atom stereocenters. The van der Waals surface area contributed by atoms with Gasteiger partial charge in [-0.2, -0.15) is 0 Å². The topological polar surface area (TPSA) is 38.3 Å². The molecule has 12 heavy (non-hydrogen) atoms. The molecule has 0 aromatic heterocycles. The first-order valence-corrected chi connectivity index (χ1v) is 4.29. The van der Waals surface area contributed by atoms with Crippen LogP contribution >= 0.6 is 0 Å². The summed E-state index contributed by atoms with van der Waals surface area (Å²) in [6.07, 6.45) is 2.92. The normalized spacial score (nSPS) is 12.2. The van der Waals surface area contributed by atoms with Gasteiger partial charge in [0.1, 0.15) is 6.23 Å². The van der Waals surface area contributed by atoms with Gasteiger partial charge in [0.15, 0.2) is 0 Å². The highest BCUT2D eigenvalue weighted by molar-refractivity contribution is 5.86. The van der Waals surface area contributed by atoms with Crippen molar-refractivity contribution in [2.45, 2.75) is 32.9 Å². The summed E-state index contributed by atoms with van der Waals surface area (Å²) in [7, 11) is 0. The Labute approximate surface area is 73.8 Å². The van der Waals surface area contributed by atoms with Crippen LogP contribution in [0.3, 0.4) is 0 Å². The van der Waals surface area contributed by atoms with E-state index in [4.69, 9.17) is 4.74 Å². The molecule has 0 fully saturated rings. The Morgan fingerprint density at radius 2 is 2.33 bits per heavy atom. The second-order valence-corrected chi connectivity index (χ2v) is 2.45. The molecule has 0 aliphatic heterocycles. The molecule has 0 spiro atoms. The minimum atomic E-state index is -0.179. The van der Waals surface area contributed by atoms with Crippen molar-refractivity contribution >= 4 is 5.91 Å². The van der Waals surface area contributed by atoms with Gasteiger partial charge < -0.3 is 10.1 Å². The van der Waals surface area contributed by atoms with Gasteiger partial charge in [-0.15, -0.1) is 0 Å². The molecule has 0 aliphatic rings. The van der Waals surface area contributed by atoms with Gasteiger partial charge in [-0.05, 0) is 19.4 Å². The third-order valence-electron chi connectivity index (χ3n) is 1.41. The molecule has 0 radical (unpaired) electrons. The molecule has 0 saturated heterocycles. The molecule has 1 N–H and O–H groups in total. The minimum absolute atomic E-state index is 0.162. The number of hydrogen-bond acceptors (Lipinski definition) is 2. The molecule has 1 amide bonds. The highest BCUT2D eigenvalue weighted by Gasteiger charge is 2.07. The van der Waals surface area contributed by atoms with Crippen LogP contribution in [0.1, 0.15) is 26.7 Å². The first-order chi connectivity index (χ1) is 5.74. The Morgan fingerprint density at radius 3 is 2.75 bits per heavy atom. The van der Waals surface area contributed by atoms with Crippen molar-refractivity contribution in [2.75, 3.05) is 6.61 Å². The van der Waals surface area contributed by atoms with Gasteiger partial charge >= 0.3 is 0 Å². The molecule has 0 aromatic rings. The van der Waals surface area contributed by atoms with Gasteiger partial charge in [-0.1, -0.05) is 19.9 Å². The molecule has 3 nitrogen and oxygen atoms in total. The van der Waals surface area contributed by atoms with Crippen molar-refractivity contribution in [1.29, 1.82) is 0 Å². The summed E-state index contributed by atoms with van der Waals surface area (Å²) in [5.41, 5.74) is 0. The van der Waals surface area contributed by atoms with Crippen LogP contribution in [0.2, 0.25) is 0 Å². The fraction of sp³-hybridized carbons (Fsp3) is 0.667. The van der Waals surface area contributed by atoms with Gasteiger partial charge in [0.25, 0.3) is 0 Å². The molecular formula is C9H17NO2. The molecule has 70 valence electrons. The number of ether oxygens (including phenoxy) is 1. The Morgan fingerprint density at radius 1 is 1.67 bits per heavy atom. The Bertz CT molecular complexity index is 139. The van der Waals surface area contributed by atoms with Crippen molar-refractivity contribution in [2.24, 2.45) is 0 Å². The van der Waals surface area contributed by atoms with Gasteiger partial charge in [-0.3, -0.25) is 4.79 Å². The lowest BCUT2D eigenvalue weighted by molar-refractivity contribution is -0.120. The van der Waals surface area contributed by atoms with Crippen LogP contribution in [-0.2, 0) is 9.53 Å². The van der Waals surface area contributed by atoms with E-state index in [0.29, 0.717) is 6.61 Å². The van der Waals surface area contributed by atoms with E-state index < -0.39 is 0 Å². The number of carbonyl (C=O) groups is 1.